The Labute approximate surface area is 378 Å². The average molecular weight is 925 g/mol. The zero-order valence-corrected chi connectivity index (χ0v) is 40.1. The fourth-order valence-corrected chi connectivity index (χ4v) is 10.1. The van der Waals surface area contributed by atoms with Crippen molar-refractivity contribution >= 4 is 11.7 Å². The topological polar surface area (TPSA) is 278 Å². The van der Waals surface area contributed by atoms with E-state index >= 15 is 0 Å². The van der Waals surface area contributed by atoms with E-state index in [1.807, 2.05) is 25.9 Å². The van der Waals surface area contributed by atoms with E-state index in [0.29, 0.717) is 6.42 Å². The van der Waals surface area contributed by atoms with E-state index in [1.165, 1.54) is 28.1 Å². The molecule has 0 radical (unpaired) electrons. The van der Waals surface area contributed by atoms with Crippen molar-refractivity contribution in [1.29, 1.82) is 0 Å². The number of likely N-dealkylation sites (N-methyl/N-ethyl adjacent to an activating group) is 1. The second kappa shape index (κ2) is 22.2. The maximum atomic E-state index is 14.5. The first-order valence-corrected chi connectivity index (χ1v) is 22.6. The van der Waals surface area contributed by atoms with Crippen molar-refractivity contribution in [1.82, 2.24) is 4.90 Å². The minimum absolute atomic E-state index is 0.0443. The van der Waals surface area contributed by atoms with Crippen molar-refractivity contribution in [2.75, 3.05) is 34.9 Å². The van der Waals surface area contributed by atoms with Crippen molar-refractivity contribution in [3.8, 4) is 0 Å². The summed E-state index contributed by atoms with van der Waals surface area (Å²) in [5, 5.41) is 96.2. The number of carbonyl (C=O) groups excluding carboxylic acids is 1. The summed E-state index contributed by atoms with van der Waals surface area (Å²) in [5.41, 5.74) is -5.06. The van der Waals surface area contributed by atoms with E-state index in [0.717, 1.165) is 0 Å². The van der Waals surface area contributed by atoms with Gasteiger partial charge in [-0.05, 0) is 74.9 Å². The van der Waals surface area contributed by atoms with Gasteiger partial charge in [-0.2, -0.15) is 0 Å². The Bertz CT molecular complexity index is 1520. The van der Waals surface area contributed by atoms with Gasteiger partial charge in [0.2, 0.25) is 0 Å². The van der Waals surface area contributed by atoms with Gasteiger partial charge in [0.25, 0.3) is 0 Å². The molecule has 20 heteroatoms. The highest BCUT2D eigenvalue weighted by atomic mass is 16.7. The maximum absolute atomic E-state index is 14.5. The molecule has 0 aliphatic carbocycles. The molecule has 4 aliphatic rings. The zero-order chi connectivity index (χ0) is 48.4. The zero-order valence-electron chi connectivity index (χ0n) is 40.1. The lowest BCUT2D eigenvalue weighted by molar-refractivity contribution is -0.318. The maximum Gasteiger partial charge on any atom is 0.311 e. The van der Waals surface area contributed by atoms with Crippen LogP contribution in [0.25, 0.3) is 0 Å². The quantitative estimate of drug-likeness (QED) is 0.100. The molecule has 4 rings (SSSR count). The fourth-order valence-electron chi connectivity index (χ4n) is 10.1. The summed E-state index contributed by atoms with van der Waals surface area (Å²) in [6.45, 7) is 15.7. The number of methoxy groups -OCH3 is 2. The molecule has 0 spiro atoms. The monoisotopic (exact) mass is 925 g/mol. The fraction of sp³-hybridized carbons (Fsp3) is 0.955. The number of aliphatic hydroxyl groups is 8. The average Bonchev–Trinajstić information content (AvgIpc) is 3.23. The van der Waals surface area contributed by atoms with Crippen LogP contribution in [-0.4, -0.2) is 207 Å². The summed E-state index contributed by atoms with van der Waals surface area (Å²) in [6.07, 6.45) is -17.9. The first-order valence-electron chi connectivity index (χ1n) is 22.6. The number of hydrogen-bond acceptors (Lipinski definition) is 20. The van der Waals surface area contributed by atoms with Crippen LogP contribution < -0.4 is 0 Å². The minimum Gasteiger partial charge on any atom is -0.459 e. The molecule has 0 aromatic carbocycles. The van der Waals surface area contributed by atoms with Crippen LogP contribution in [0.3, 0.4) is 0 Å². The summed E-state index contributed by atoms with van der Waals surface area (Å²) >= 11 is 0. The number of oxime groups is 1. The van der Waals surface area contributed by atoms with Crippen molar-refractivity contribution in [2.24, 2.45) is 28.8 Å². The first-order chi connectivity index (χ1) is 29.7. The Hall–Kier alpha value is -1.70. The molecule has 0 aromatic heterocycles. The number of rotatable bonds is 11. The van der Waals surface area contributed by atoms with Crippen LogP contribution in [0.1, 0.15) is 94.9 Å². The molecule has 0 aromatic rings. The van der Waals surface area contributed by atoms with Crippen LogP contribution in [0.5, 0.6) is 0 Å². The van der Waals surface area contributed by atoms with E-state index in [1.54, 1.807) is 48.5 Å². The molecule has 4 aliphatic heterocycles. The van der Waals surface area contributed by atoms with Gasteiger partial charge in [0.05, 0.1) is 60.0 Å². The molecule has 20 nitrogen and oxygen atoms in total. The van der Waals surface area contributed by atoms with Crippen LogP contribution in [0.2, 0.25) is 0 Å². The number of nitrogens with zero attached hydrogens (tertiary/aromatic N) is 2. The highest BCUT2D eigenvalue weighted by Gasteiger charge is 2.54. The smallest absolute Gasteiger partial charge is 0.311 e. The number of esters is 1. The number of ether oxygens (including phenoxy) is 8. The van der Waals surface area contributed by atoms with Crippen LogP contribution in [0, 0.1) is 23.7 Å². The highest BCUT2D eigenvalue weighted by Crippen LogP contribution is 2.41. The van der Waals surface area contributed by atoms with Gasteiger partial charge in [0.15, 0.2) is 25.0 Å². The van der Waals surface area contributed by atoms with Gasteiger partial charge in [-0.15, -0.1) is 0 Å². The minimum atomic E-state index is -2.11. The SMILES string of the molecule is CCC1OC(=O)[C@H](C)C(O[C@H]2C[C@@](C)(OC)[C@@H](O)[C@H](C)O2)[C@H](C)[C@@H](O[C@@H]2O[C@H](C)C[C@H](N(C)C)[C@H]2O)[C@](C)(O)C[C@@H](C)/C(=N\O[C@@H]2[C@H](O)[C@@H](O)[C@@H](OC)O[C@@H]2CO)[C@H](C)[C@@H](O)[C@]1(C)O. The number of hydrogen-bond donors (Lipinski definition) is 8. The molecule has 374 valence electrons. The first kappa shape index (κ1) is 54.9. The molecular formula is C44H80N2O18. The van der Waals surface area contributed by atoms with Gasteiger partial charge in [-0.1, -0.05) is 32.9 Å². The predicted molar refractivity (Wildman–Crippen MR) is 228 cm³/mol. The molecule has 4 heterocycles. The van der Waals surface area contributed by atoms with Crippen LogP contribution >= 0.6 is 0 Å². The Morgan fingerprint density at radius 1 is 0.812 bits per heavy atom. The molecule has 23 atom stereocenters. The molecule has 0 amide bonds. The third kappa shape index (κ3) is 11.8. The van der Waals surface area contributed by atoms with Gasteiger partial charge in [0, 0.05) is 44.4 Å². The largest absolute Gasteiger partial charge is 0.459 e. The number of aliphatic hydroxyl groups excluding tert-OH is 6. The summed E-state index contributed by atoms with van der Waals surface area (Å²) in [6, 6.07) is -0.390. The van der Waals surface area contributed by atoms with E-state index in [-0.39, 0.29) is 37.1 Å². The van der Waals surface area contributed by atoms with E-state index in [9.17, 15) is 45.6 Å². The van der Waals surface area contributed by atoms with E-state index in [4.69, 9.17) is 42.7 Å². The van der Waals surface area contributed by atoms with Gasteiger partial charge in [-0.25, -0.2) is 0 Å². The summed E-state index contributed by atoms with van der Waals surface area (Å²) in [4.78, 5) is 22.2. The van der Waals surface area contributed by atoms with Crippen LogP contribution in [0.15, 0.2) is 5.16 Å². The van der Waals surface area contributed by atoms with Gasteiger partial charge in [0.1, 0.15) is 42.2 Å². The number of cyclic esters (lactones) is 1. The third-order valence-electron chi connectivity index (χ3n) is 14.2. The Kier molecular flexibility index (Phi) is 19.0. The standard InChI is InChI=1S/C44H80N2O18/c1-15-28-44(10,55)36(51)22(4)30(45-64-35-27(19-47)60-40(56-13)33(50)32(35)49)20(2)17-42(8,54)38(63-41-31(48)26(46(11)12)16-21(3)58-41)23(5)34(24(6)39(53)61-28)62-29-18-43(9,57-14)37(52)25(7)59-29/h20-29,31-38,40-41,47-52,54-55H,15-19H2,1-14H3/b45-30+/t20-,21-,22+,23+,24-,25+,26+,27-,28?,29+,31-,32-,33-,34?,35+,36-,37+,38-,40+,41+,42-,43-,44-/m1/s1. The van der Waals surface area contributed by atoms with Gasteiger partial charge in [-0.3, -0.25) is 4.79 Å². The van der Waals surface area contributed by atoms with Crippen molar-refractivity contribution in [2.45, 2.75) is 210 Å². The van der Waals surface area contributed by atoms with Gasteiger partial charge < -0.3 is 88.5 Å². The van der Waals surface area contributed by atoms with Crippen molar-refractivity contribution in [3.05, 3.63) is 0 Å². The molecular weight excluding hydrogens is 844 g/mol. The molecule has 0 bridgehead atoms. The van der Waals surface area contributed by atoms with Crippen LogP contribution in [-0.2, 0) is 47.5 Å². The lowest BCUT2D eigenvalue weighted by atomic mass is 9.73. The van der Waals surface area contributed by atoms with E-state index < -0.39 is 139 Å². The molecule has 2 unspecified atom stereocenters. The second-order valence-corrected chi connectivity index (χ2v) is 19.6. The summed E-state index contributed by atoms with van der Waals surface area (Å²) in [7, 11) is 6.38. The lowest BCUT2D eigenvalue weighted by Crippen LogP contribution is -2.61. The molecule has 8 N–H and O–H groups in total. The molecule has 64 heavy (non-hydrogen) atoms. The van der Waals surface area contributed by atoms with Crippen molar-refractivity contribution < 1.29 is 88.4 Å². The predicted octanol–water partition coefficient (Wildman–Crippen LogP) is 0.0431. The Morgan fingerprint density at radius 3 is 2.02 bits per heavy atom. The molecule has 4 fully saturated rings. The normalized spacial score (nSPS) is 49.9. The van der Waals surface area contributed by atoms with Crippen molar-refractivity contribution in [3.63, 3.8) is 0 Å². The second-order valence-electron chi connectivity index (χ2n) is 19.6. The lowest BCUT2D eigenvalue weighted by Gasteiger charge is -2.49. The summed E-state index contributed by atoms with van der Waals surface area (Å²) in [5.74, 6) is -4.81. The molecule has 4 saturated heterocycles. The molecule has 0 saturated carbocycles. The van der Waals surface area contributed by atoms with E-state index in [2.05, 4.69) is 5.16 Å². The van der Waals surface area contributed by atoms with Gasteiger partial charge >= 0.3 is 5.97 Å². The highest BCUT2D eigenvalue weighted by molar-refractivity contribution is 5.88. The third-order valence-corrected chi connectivity index (χ3v) is 14.2. The summed E-state index contributed by atoms with van der Waals surface area (Å²) < 4.78 is 48.4. The van der Waals surface area contributed by atoms with Crippen LogP contribution in [0.4, 0.5) is 0 Å². The Morgan fingerprint density at radius 2 is 1.45 bits per heavy atom. The number of carbonyl (C=O) groups is 1. The Balaban J connectivity index is 1.90.